The topological polar surface area (TPSA) is 12.9 Å². The summed E-state index contributed by atoms with van der Waals surface area (Å²) in [4.78, 5) is 4.00. The maximum atomic E-state index is 5.66. The van der Waals surface area contributed by atoms with Crippen molar-refractivity contribution in [1.82, 2.24) is 4.98 Å². The summed E-state index contributed by atoms with van der Waals surface area (Å²) < 4.78 is -0.168. The molecule has 0 aliphatic carbocycles. The Morgan fingerprint density at radius 3 is 2.67 bits per heavy atom. The zero-order valence-corrected chi connectivity index (χ0v) is 6.93. The van der Waals surface area contributed by atoms with Gasteiger partial charge in [-0.05, 0) is 12.1 Å². The van der Waals surface area contributed by atoms with Crippen molar-refractivity contribution in [3.05, 3.63) is 30.1 Å². The average Bonchev–Trinajstić information content (AvgIpc) is 1.90. The summed E-state index contributed by atoms with van der Waals surface area (Å²) in [7, 11) is 0. The molecule has 0 aliphatic heterocycles. The standard InChI is InChI=1S/C6H5BrClN/c7-6(8)5-3-1-2-4-9-5/h1-4,6H. The lowest BCUT2D eigenvalue weighted by Gasteiger charge is -1.96. The van der Waals surface area contributed by atoms with Crippen molar-refractivity contribution in [3.63, 3.8) is 0 Å². The summed E-state index contributed by atoms with van der Waals surface area (Å²) in [6.07, 6.45) is 1.71. The molecular formula is C6H5BrClN. The molecule has 1 unspecified atom stereocenters. The first-order chi connectivity index (χ1) is 4.30. The molecule has 1 aromatic heterocycles. The SMILES string of the molecule is ClC(Br)c1ccccn1. The van der Waals surface area contributed by atoms with Gasteiger partial charge in [-0.25, -0.2) is 0 Å². The molecule has 0 saturated heterocycles. The number of halogens is 2. The van der Waals surface area contributed by atoms with Gasteiger partial charge in [-0.3, -0.25) is 4.98 Å². The smallest absolute Gasteiger partial charge is 0.130 e. The fraction of sp³-hybridized carbons (Fsp3) is 0.167. The fourth-order valence-corrected chi connectivity index (χ4v) is 0.905. The van der Waals surface area contributed by atoms with E-state index >= 15 is 0 Å². The summed E-state index contributed by atoms with van der Waals surface area (Å²) in [6.45, 7) is 0. The monoisotopic (exact) mass is 205 g/mol. The van der Waals surface area contributed by atoms with Gasteiger partial charge in [0.05, 0.1) is 5.69 Å². The van der Waals surface area contributed by atoms with Gasteiger partial charge in [-0.1, -0.05) is 22.0 Å². The van der Waals surface area contributed by atoms with E-state index < -0.39 is 0 Å². The van der Waals surface area contributed by atoms with Gasteiger partial charge in [0.25, 0.3) is 0 Å². The molecule has 1 nitrogen and oxygen atoms in total. The van der Waals surface area contributed by atoms with E-state index in [1.807, 2.05) is 18.2 Å². The maximum Gasteiger partial charge on any atom is 0.130 e. The molecule has 3 heteroatoms. The Morgan fingerprint density at radius 1 is 1.56 bits per heavy atom. The van der Waals surface area contributed by atoms with Crippen LogP contribution in [0.15, 0.2) is 24.4 Å². The largest absolute Gasteiger partial charge is 0.259 e. The molecule has 0 spiro atoms. The fourth-order valence-electron chi connectivity index (χ4n) is 0.505. The van der Waals surface area contributed by atoms with Crippen LogP contribution >= 0.6 is 27.5 Å². The van der Waals surface area contributed by atoms with Crippen LogP contribution in [0.1, 0.15) is 9.98 Å². The quantitative estimate of drug-likeness (QED) is 0.644. The summed E-state index contributed by atoms with van der Waals surface area (Å²) in [6, 6.07) is 5.63. The number of alkyl halides is 2. The second kappa shape index (κ2) is 3.18. The minimum atomic E-state index is -0.168. The van der Waals surface area contributed by atoms with E-state index in [2.05, 4.69) is 20.9 Å². The molecule has 48 valence electrons. The van der Waals surface area contributed by atoms with Gasteiger partial charge in [-0.2, -0.15) is 0 Å². The first-order valence-electron chi connectivity index (χ1n) is 2.50. The van der Waals surface area contributed by atoms with Gasteiger partial charge in [-0.15, -0.1) is 11.6 Å². The second-order valence-electron chi connectivity index (χ2n) is 1.56. The molecule has 0 aromatic carbocycles. The van der Waals surface area contributed by atoms with Crippen molar-refractivity contribution in [2.75, 3.05) is 0 Å². The molecule has 0 saturated carbocycles. The van der Waals surface area contributed by atoms with Crippen LogP contribution in [0.2, 0.25) is 0 Å². The van der Waals surface area contributed by atoms with Crippen molar-refractivity contribution in [1.29, 1.82) is 0 Å². The highest BCUT2D eigenvalue weighted by Gasteiger charge is 2.00. The highest BCUT2D eigenvalue weighted by Crippen LogP contribution is 2.23. The molecule has 1 heterocycles. The summed E-state index contributed by atoms with van der Waals surface area (Å²) in [5.74, 6) is 0. The Bertz CT molecular complexity index is 176. The molecule has 0 radical (unpaired) electrons. The number of hydrogen-bond donors (Lipinski definition) is 0. The number of nitrogens with zero attached hydrogens (tertiary/aromatic N) is 1. The number of rotatable bonds is 1. The summed E-state index contributed by atoms with van der Waals surface area (Å²) in [5.41, 5.74) is 0.846. The zero-order valence-electron chi connectivity index (χ0n) is 4.59. The van der Waals surface area contributed by atoms with Gasteiger partial charge >= 0.3 is 0 Å². The van der Waals surface area contributed by atoms with E-state index in [1.165, 1.54) is 0 Å². The Labute approximate surface area is 67.2 Å². The number of aromatic nitrogens is 1. The Balaban J connectivity index is 2.85. The van der Waals surface area contributed by atoms with Crippen LogP contribution in [0.4, 0.5) is 0 Å². The highest BCUT2D eigenvalue weighted by molar-refractivity contribution is 9.09. The van der Waals surface area contributed by atoms with Crippen LogP contribution in [-0.2, 0) is 0 Å². The van der Waals surface area contributed by atoms with Crippen LogP contribution in [0, 0.1) is 0 Å². The Kier molecular flexibility index (Phi) is 2.49. The molecule has 0 aliphatic rings. The lowest BCUT2D eigenvalue weighted by Crippen LogP contribution is -1.83. The Hall–Kier alpha value is -0.0800. The van der Waals surface area contributed by atoms with Gasteiger partial charge < -0.3 is 0 Å². The van der Waals surface area contributed by atoms with E-state index in [0.29, 0.717) is 0 Å². The predicted octanol–water partition coefficient (Wildman–Crippen LogP) is 2.71. The van der Waals surface area contributed by atoms with E-state index in [-0.39, 0.29) is 4.29 Å². The lowest BCUT2D eigenvalue weighted by atomic mass is 10.4. The minimum absolute atomic E-state index is 0.168. The third kappa shape index (κ3) is 1.95. The van der Waals surface area contributed by atoms with Gasteiger partial charge in [0.15, 0.2) is 0 Å². The van der Waals surface area contributed by atoms with Crippen molar-refractivity contribution in [2.24, 2.45) is 0 Å². The molecule has 1 atom stereocenters. The minimum Gasteiger partial charge on any atom is -0.259 e. The molecule has 0 bridgehead atoms. The van der Waals surface area contributed by atoms with Crippen molar-refractivity contribution in [3.8, 4) is 0 Å². The predicted molar refractivity (Wildman–Crippen MR) is 41.8 cm³/mol. The first-order valence-corrected chi connectivity index (χ1v) is 3.85. The first kappa shape index (κ1) is 7.03. The third-order valence-electron chi connectivity index (χ3n) is 0.911. The third-order valence-corrected chi connectivity index (χ3v) is 1.60. The summed E-state index contributed by atoms with van der Waals surface area (Å²) in [5, 5.41) is 0. The van der Waals surface area contributed by atoms with Crippen molar-refractivity contribution in [2.45, 2.75) is 4.29 Å². The van der Waals surface area contributed by atoms with Gasteiger partial charge in [0.1, 0.15) is 4.29 Å². The van der Waals surface area contributed by atoms with E-state index in [4.69, 9.17) is 11.6 Å². The van der Waals surface area contributed by atoms with E-state index in [9.17, 15) is 0 Å². The lowest BCUT2D eigenvalue weighted by molar-refractivity contribution is 1.16. The molecule has 0 amide bonds. The molecular weight excluding hydrogens is 201 g/mol. The van der Waals surface area contributed by atoms with Crippen LogP contribution in [0.5, 0.6) is 0 Å². The second-order valence-corrected chi connectivity index (χ2v) is 3.43. The maximum absolute atomic E-state index is 5.66. The van der Waals surface area contributed by atoms with Crippen molar-refractivity contribution >= 4 is 27.5 Å². The number of hydrogen-bond acceptors (Lipinski definition) is 1. The van der Waals surface area contributed by atoms with Crippen LogP contribution in [-0.4, -0.2) is 4.98 Å². The van der Waals surface area contributed by atoms with Gasteiger partial charge in [0.2, 0.25) is 0 Å². The summed E-state index contributed by atoms with van der Waals surface area (Å²) >= 11 is 8.84. The average molecular weight is 206 g/mol. The highest BCUT2D eigenvalue weighted by atomic mass is 79.9. The van der Waals surface area contributed by atoms with Crippen LogP contribution < -0.4 is 0 Å². The zero-order chi connectivity index (χ0) is 6.69. The van der Waals surface area contributed by atoms with E-state index in [1.54, 1.807) is 6.20 Å². The molecule has 0 N–H and O–H groups in total. The molecule has 1 rings (SSSR count). The van der Waals surface area contributed by atoms with Crippen molar-refractivity contribution < 1.29 is 0 Å². The number of pyridine rings is 1. The Morgan fingerprint density at radius 2 is 2.33 bits per heavy atom. The van der Waals surface area contributed by atoms with Crippen LogP contribution in [0.25, 0.3) is 0 Å². The van der Waals surface area contributed by atoms with Gasteiger partial charge in [0, 0.05) is 6.20 Å². The molecule has 9 heavy (non-hydrogen) atoms. The molecule has 1 aromatic rings. The van der Waals surface area contributed by atoms with Crippen LogP contribution in [0.3, 0.4) is 0 Å². The van der Waals surface area contributed by atoms with E-state index in [0.717, 1.165) is 5.69 Å². The normalized spacial score (nSPS) is 13.1. The molecule has 0 fully saturated rings.